The fourth-order valence-corrected chi connectivity index (χ4v) is 3.74. The highest BCUT2D eigenvalue weighted by Gasteiger charge is 2.28. The number of aryl methyl sites for hydroxylation is 1. The number of aliphatic hydroxyl groups excluding tert-OH is 1. The Morgan fingerprint density at radius 3 is 2.59 bits per heavy atom. The third-order valence-corrected chi connectivity index (χ3v) is 5.03. The highest BCUT2D eigenvalue weighted by molar-refractivity contribution is 6.34. The molecule has 0 spiro atoms. The summed E-state index contributed by atoms with van der Waals surface area (Å²) in [5, 5.41) is 20.1. The second kappa shape index (κ2) is 8.83. The number of hydrogen-bond acceptors (Lipinski definition) is 4. The molecule has 2 aromatic rings. The van der Waals surface area contributed by atoms with Crippen LogP contribution in [0.15, 0.2) is 46.4 Å². The molecule has 0 fully saturated rings. The molecule has 2 atom stereocenters. The van der Waals surface area contributed by atoms with Gasteiger partial charge in [0, 0.05) is 22.4 Å². The van der Waals surface area contributed by atoms with E-state index in [2.05, 4.69) is 6.08 Å². The molecule has 0 saturated carbocycles. The summed E-state index contributed by atoms with van der Waals surface area (Å²) >= 11 is 12.0. The van der Waals surface area contributed by atoms with Crippen LogP contribution in [0, 0.1) is 5.92 Å². The number of furan rings is 1. The number of aliphatic hydroxyl groups is 1. The van der Waals surface area contributed by atoms with Crippen molar-refractivity contribution in [3.05, 3.63) is 63.5 Å². The van der Waals surface area contributed by atoms with E-state index in [9.17, 15) is 9.90 Å². The van der Waals surface area contributed by atoms with Gasteiger partial charge >= 0.3 is 5.97 Å². The van der Waals surface area contributed by atoms with Gasteiger partial charge < -0.3 is 19.4 Å². The summed E-state index contributed by atoms with van der Waals surface area (Å²) < 4.78 is 11.1. The van der Waals surface area contributed by atoms with Gasteiger partial charge in [-0.1, -0.05) is 34.9 Å². The van der Waals surface area contributed by atoms with E-state index < -0.39 is 12.1 Å². The van der Waals surface area contributed by atoms with E-state index in [1.807, 2.05) is 0 Å². The van der Waals surface area contributed by atoms with Crippen LogP contribution in [0.25, 0.3) is 0 Å². The van der Waals surface area contributed by atoms with Crippen LogP contribution in [0.1, 0.15) is 35.6 Å². The number of ether oxygens (including phenoxy) is 1. The molecular weight excluding hydrogens is 391 g/mol. The quantitative estimate of drug-likeness (QED) is 0.598. The predicted octanol–water partition coefficient (Wildman–Crippen LogP) is 4.99. The zero-order chi connectivity index (χ0) is 19.4. The molecule has 0 amide bonds. The summed E-state index contributed by atoms with van der Waals surface area (Å²) in [5.74, 6) is 0.0118. The summed E-state index contributed by atoms with van der Waals surface area (Å²) in [5.41, 5.74) is 1.14. The lowest BCUT2D eigenvalue weighted by Gasteiger charge is -2.20. The zero-order valence-corrected chi connectivity index (χ0v) is 16.0. The maximum Gasteiger partial charge on any atom is 0.371 e. The number of rotatable bonds is 8. The maximum atomic E-state index is 10.8. The van der Waals surface area contributed by atoms with E-state index in [-0.39, 0.29) is 11.7 Å². The van der Waals surface area contributed by atoms with E-state index in [4.69, 9.17) is 37.5 Å². The Balaban J connectivity index is 1.52. The Morgan fingerprint density at radius 2 is 1.93 bits per heavy atom. The first-order chi connectivity index (χ1) is 12.9. The lowest BCUT2D eigenvalue weighted by molar-refractivity contribution is 0.0660. The number of aromatic carboxylic acids is 1. The minimum atomic E-state index is -1.07. The van der Waals surface area contributed by atoms with Crippen molar-refractivity contribution < 1.29 is 24.2 Å². The van der Waals surface area contributed by atoms with Crippen LogP contribution in [0.2, 0.25) is 10.0 Å². The SMILES string of the molecule is O=C(O)c1ccc(CCCC2=CC[C@H](O)[C@H]2COc2cc(Cl)cc(Cl)c2)o1. The van der Waals surface area contributed by atoms with Gasteiger partial charge in [-0.3, -0.25) is 0 Å². The highest BCUT2D eigenvalue weighted by Crippen LogP contribution is 2.32. The van der Waals surface area contributed by atoms with Gasteiger partial charge in [-0.05, 0) is 49.6 Å². The molecule has 144 valence electrons. The molecule has 3 rings (SSSR count). The first-order valence-electron chi connectivity index (χ1n) is 8.70. The third kappa shape index (κ3) is 5.28. The minimum Gasteiger partial charge on any atom is -0.493 e. The van der Waals surface area contributed by atoms with Crippen molar-refractivity contribution in [1.82, 2.24) is 0 Å². The molecule has 1 aromatic heterocycles. The summed E-state index contributed by atoms with van der Waals surface area (Å²) in [6.07, 6.45) is 4.39. The molecule has 2 N–H and O–H groups in total. The second-order valence-corrected chi connectivity index (χ2v) is 7.40. The predicted molar refractivity (Wildman–Crippen MR) is 103 cm³/mol. The van der Waals surface area contributed by atoms with E-state index in [1.54, 1.807) is 24.3 Å². The van der Waals surface area contributed by atoms with Gasteiger partial charge in [-0.15, -0.1) is 0 Å². The average molecular weight is 411 g/mol. The van der Waals surface area contributed by atoms with Gasteiger partial charge in [0.2, 0.25) is 5.76 Å². The largest absolute Gasteiger partial charge is 0.493 e. The van der Waals surface area contributed by atoms with Crippen LogP contribution < -0.4 is 4.74 Å². The molecule has 0 radical (unpaired) electrons. The van der Waals surface area contributed by atoms with Gasteiger partial charge in [0.05, 0.1) is 12.7 Å². The number of carbonyl (C=O) groups is 1. The average Bonchev–Trinajstić information content (AvgIpc) is 3.20. The van der Waals surface area contributed by atoms with Gasteiger partial charge in [0.1, 0.15) is 11.5 Å². The van der Waals surface area contributed by atoms with Crippen molar-refractivity contribution >= 4 is 29.2 Å². The third-order valence-electron chi connectivity index (χ3n) is 4.59. The van der Waals surface area contributed by atoms with Gasteiger partial charge in [-0.25, -0.2) is 4.79 Å². The second-order valence-electron chi connectivity index (χ2n) is 6.53. The van der Waals surface area contributed by atoms with E-state index in [0.29, 0.717) is 41.0 Å². The number of hydrogen-bond donors (Lipinski definition) is 2. The van der Waals surface area contributed by atoms with Crippen molar-refractivity contribution in [1.29, 1.82) is 0 Å². The Kier molecular flexibility index (Phi) is 6.47. The monoisotopic (exact) mass is 410 g/mol. The zero-order valence-electron chi connectivity index (χ0n) is 14.5. The van der Waals surface area contributed by atoms with Crippen LogP contribution in [0.4, 0.5) is 0 Å². The maximum absolute atomic E-state index is 10.8. The van der Waals surface area contributed by atoms with E-state index in [1.165, 1.54) is 6.07 Å². The van der Waals surface area contributed by atoms with Crippen LogP contribution in [0.5, 0.6) is 5.75 Å². The lowest BCUT2D eigenvalue weighted by atomic mass is 9.96. The molecule has 0 unspecified atom stereocenters. The van der Waals surface area contributed by atoms with Crippen molar-refractivity contribution in [3.8, 4) is 5.75 Å². The molecule has 0 saturated heterocycles. The summed E-state index contributed by atoms with van der Waals surface area (Å²) in [6, 6.07) is 8.16. The topological polar surface area (TPSA) is 79.9 Å². The van der Waals surface area contributed by atoms with Crippen molar-refractivity contribution in [3.63, 3.8) is 0 Å². The van der Waals surface area contributed by atoms with Crippen molar-refractivity contribution in [2.45, 2.75) is 31.8 Å². The molecule has 5 nitrogen and oxygen atoms in total. The first kappa shape index (κ1) is 19.8. The molecular formula is C20H20Cl2O5. The highest BCUT2D eigenvalue weighted by atomic mass is 35.5. The summed E-state index contributed by atoms with van der Waals surface area (Å²) in [4.78, 5) is 10.8. The summed E-state index contributed by atoms with van der Waals surface area (Å²) in [7, 11) is 0. The number of carboxylic acid groups (broad SMARTS) is 1. The van der Waals surface area contributed by atoms with Crippen molar-refractivity contribution in [2.24, 2.45) is 5.92 Å². The molecule has 0 aliphatic heterocycles. The van der Waals surface area contributed by atoms with Crippen LogP contribution in [0.3, 0.4) is 0 Å². The molecule has 27 heavy (non-hydrogen) atoms. The van der Waals surface area contributed by atoms with E-state index in [0.717, 1.165) is 18.4 Å². The number of carboxylic acids is 1. The standard InChI is InChI=1S/C20H20Cl2O5/c21-13-8-14(22)10-16(9-13)26-11-17-12(4-6-18(17)23)2-1-3-15-5-7-19(27-15)20(24)25/h4-5,7-10,17-18,23H,1-3,6,11H2,(H,24,25)/t17-,18-/m0/s1. The fraction of sp³-hybridized carbons (Fsp3) is 0.350. The molecule has 1 aliphatic carbocycles. The van der Waals surface area contributed by atoms with E-state index >= 15 is 0 Å². The van der Waals surface area contributed by atoms with Crippen LogP contribution >= 0.6 is 23.2 Å². The summed E-state index contributed by atoms with van der Waals surface area (Å²) in [6.45, 7) is 0.341. The van der Waals surface area contributed by atoms with Gasteiger partial charge in [0.25, 0.3) is 0 Å². The minimum absolute atomic E-state index is 0.0491. The fourth-order valence-electron chi connectivity index (χ4n) is 3.23. The Labute approximate surface area is 167 Å². The Bertz CT molecular complexity index is 822. The van der Waals surface area contributed by atoms with Gasteiger partial charge in [0.15, 0.2) is 0 Å². The van der Waals surface area contributed by atoms with Gasteiger partial charge in [-0.2, -0.15) is 0 Å². The number of halogens is 2. The molecule has 0 bridgehead atoms. The molecule has 7 heteroatoms. The number of benzene rings is 1. The van der Waals surface area contributed by atoms with Crippen LogP contribution in [-0.4, -0.2) is 28.9 Å². The smallest absolute Gasteiger partial charge is 0.371 e. The lowest BCUT2D eigenvalue weighted by Crippen LogP contribution is -2.23. The Morgan fingerprint density at radius 1 is 1.19 bits per heavy atom. The molecule has 1 aromatic carbocycles. The Hall–Kier alpha value is -1.95. The molecule has 1 aliphatic rings. The molecule has 1 heterocycles. The van der Waals surface area contributed by atoms with Crippen LogP contribution in [-0.2, 0) is 6.42 Å². The first-order valence-corrected chi connectivity index (χ1v) is 9.46. The normalized spacial score (nSPS) is 19.1. The van der Waals surface area contributed by atoms with Crippen molar-refractivity contribution in [2.75, 3.05) is 6.61 Å².